The molecule has 2 aliphatic heterocycles. The molecule has 1 aromatic carbocycles. The predicted octanol–water partition coefficient (Wildman–Crippen LogP) is 4.24. The minimum Gasteiger partial charge on any atom is -0.303 e. The zero-order valence-corrected chi connectivity index (χ0v) is 12.3. The largest absolute Gasteiger partial charge is 0.303 e. The van der Waals surface area contributed by atoms with E-state index in [9.17, 15) is 0 Å². The Bertz CT molecular complexity index is 440. The van der Waals surface area contributed by atoms with E-state index >= 15 is 0 Å². The van der Waals surface area contributed by atoms with Crippen molar-refractivity contribution < 1.29 is 0 Å². The van der Waals surface area contributed by atoms with Crippen molar-refractivity contribution in [1.82, 2.24) is 4.90 Å². The number of fused-ring (bicyclic) bond motifs is 2. The van der Waals surface area contributed by atoms with Crippen LogP contribution in [0.3, 0.4) is 0 Å². The van der Waals surface area contributed by atoms with Gasteiger partial charge in [-0.2, -0.15) is 0 Å². The van der Waals surface area contributed by atoms with Crippen molar-refractivity contribution in [3.63, 3.8) is 0 Å². The fourth-order valence-electron chi connectivity index (χ4n) is 2.90. The van der Waals surface area contributed by atoms with Crippen LogP contribution in [0.25, 0.3) is 0 Å². The quantitative estimate of drug-likeness (QED) is 0.738. The van der Waals surface area contributed by atoms with Gasteiger partial charge in [0.25, 0.3) is 0 Å². The average molecular weight is 267 g/mol. The highest BCUT2D eigenvalue weighted by Gasteiger charge is 2.28. The van der Waals surface area contributed by atoms with Crippen LogP contribution in [0.4, 0.5) is 0 Å². The van der Waals surface area contributed by atoms with Crippen LogP contribution in [0.15, 0.2) is 67.3 Å². The van der Waals surface area contributed by atoms with Gasteiger partial charge in [0.05, 0.1) is 0 Å². The maximum atomic E-state index is 3.76. The summed E-state index contributed by atoms with van der Waals surface area (Å²) in [5.74, 6) is 1.10. The van der Waals surface area contributed by atoms with E-state index in [2.05, 4.69) is 30.2 Å². The second-order valence-corrected chi connectivity index (χ2v) is 5.59. The lowest BCUT2D eigenvalue weighted by atomic mass is 10.1. The fourth-order valence-corrected chi connectivity index (χ4v) is 2.90. The van der Waals surface area contributed by atoms with E-state index in [1.54, 1.807) is 6.08 Å². The minimum absolute atomic E-state index is 0.927. The molecule has 2 heterocycles. The number of hydrogen-bond donors (Lipinski definition) is 0. The van der Waals surface area contributed by atoms with Crippen molar-refractivity contribution in [3.05, 3.63) is 72.9 Å². The van der Waals surface area contributed by atoms with Crippen LogP contribution in [0.5, 0.6) is 0 Å². The lowest BCUT2D eigenvalue weighted by Crippen LogP contribution is -2.15. The van der Waals surface area contributed by atoms with Crippen molar-refractivity contribution >= 4 is 0 Å². The normalized spacial score (nSPS) is 23.9. The summed E-state index contributed by atoms with van der Waals surface area (Å²) in [5, 5.41) is 0. The van der Waals surface area contributed by atoms with E-state index in [1.807, 2.05) is 30.4 Å². The van der Waals surface area contributed by atoms with Gasteiger partial charge in [0.15, 0.2) is 0 Å². The zero-order valence-electron chi connectivity index (χ0n) is 12.3. The standard InChI is InChI=1S/C13H14.C6H11N/c1-3-8-12(4-2)11-13-9-6-5-7-10-13;1-3-7-4-2-6(1)5-7/h3-10H,1-2,11H2;6H,1-5H2/b12-8+;. The fraction of sp³-hybridized carbons (Fsp3) is 0.368. The van der Waals surface area contributed by atoms with Crippen LogP contribution in [0.1, 0.15) is 18.4 Å². The monoisotopic (exact) mass is 267 g/mol. The van der Waals surface area contributed by atoms with Gasteiger partial charge in [-0.1, -0.05) is 61.7 Å². The molecule has 1 aromatic rings. The van der Waals surface area contributed by atoms with Crippen molar-refractivity contribution in [1.29, 1.82) is 0 Å². The van der Waals surface area contributed by atoms with Gasteiger partial charge in [-0.15, -0.1) is 0 Å². The Labute approximate surface area is 123 Å². The van der Waals surface area contributed by atoms with Crippen molar-refractivity contribution in [2.45, 2.75) is 19.3 Å². The molecule has 106 valence electrons. The van der Waals surface area contributed by atoms with Gasteiger partial charge in [0.2, 0.25) is 0 Å². The Morgan fingerprint density at radius 1 is 1.15 bits per heavy atom. The van der Waals surface area contributed by atoms with Gasteiger partial charge < -0.3 is 4.90 Å². The summed E-state index contributed by atoms with van der Waals surface area (Å²) >= 11 is 0. The highest BCUT2D eigenvalue weighted by Crippen LogP contribution is 2.26. The lowest BCUT2D eigenvalue weighted by molar-refractivity contribution is 0.368. The molecule has 0 saturated carbocycles. The number of allylic oxidation sites excluding steroid dienone is 4. The van der Waals surface area contributed by atoms with Gasteiger partial charge in [-0.05, 0) is 49.4 Å². The molecule has 2 bridgehead atoms. The van der Waals surface area contributed by atoms with E-state index < -0.39 is 0 Å². The van der Waals surface area contributed by atoms with E-state index in [-0.39, 0.29) is 0 Å². The van der Waals surface area contributed by atoms with Crippen LogP contribution in [0.2, 0.25) is 0 Å². The van der Waals surface area contributed by atoms with Crippen LogP contribution in [0, 0.1) is 5.92 Å². The van der Waals surface area contributed by atoms with Crippen LogP contribution in [-0.2, 0) is 6.42 Å². The number of nitrogens with zero attached hydrogens (tertiary/aromatic N) is 1. The number of rotatable bonds is 4. The Morgan fingerprint density at radius 2 is 1.85 bits per heavy atom. The molecule has 0 atom stereocenters. The molecular formula is C19H25N. The molecule has 2 aliphatic rings. The van der Waals surface area contributed by atoms with Crippen LogP contribution in [-0.4, -0.2) is 24.5 Å². The Balaban J connectivity index is 0.000000173. The molecule has 2 saturated heterocycles. The number of piperidine rings is 1. The average Bonchev–Trinajstić information content (AvgIpc) is 3.14. The first-order valence-electron chi connectivity index (χ1n) is 7.52. The van der Waals surface area contributed by atoms with Crippen molar-refractivity contribution in [3.8, 4) is 0 Å². The molecule has 0 radical (unpaired) electrons. The summed E-state index contributed by atoms with van der Waals surface area (Å²) in [6, 6.07) is 10.3. The molecule has 20 heavy (non-hydrogen) atoms. The highest BCUT2D eigenvalue weighted by molar-refractivity contribution is 5.29. The van der Waals surface area contributed by atoms with Gasteiger partial charge in [-0.3, -0.25) is 0 Å². The van der Waals surface area contributed by atoms with Crippen LogP contribution >= 0.6 is 0 Å². The lowest BCUT2D eigenvalue weighted by Gasteiger charge is -2.09. The highest BCUT2D eigenvalue weighted by atomic mass is 15.2. The molecule has 2 fully saturated rings. The second kappa shape index (κ2) is 7.86. The topological polar surface area (TPSA) is 3.24 Å². The SMILES string of the molecule is C1CN2CCC1C2.C=C/C=C(\C=C)Cc1ccccc1. The maximum absolute atomic E-state index is 3.76. The minimum atomic E-state index is 0.927. The molecule has 0 amide bonds. The van der Waals surface area contributed by atoms with E-state index in [1.165, 1.54) is 43.6 Å². The Kier molecular flexibility index (Phi) is 5.82. The predicted molar refractivity (Wildman–Crippen MR) is 87.8 cm³/mol. The maximum Gasteiger partial charge on any atom is 0.00106 e. The second-order valence-electron chi connectivity index (χ2n) is 5.59. The molecule has 0 unspecified atom stereocenters. The van der Waals surface area contributed by atoms with Gasteiger partial charge in [-0.25, -0.2) is 0 Å². The molecule has 0 spiro atoms. The molecule has 1 nitrogen and oxygen atoms in total. The van der Waals surface area contributed by atoms with E-state index in [0.29, 0.717) is 0 Å². The first-order valence-corrected chi connectivity index (χ1v) is 7.52. The molecule has 0 aliphatic carbocycles. The van der Waals surface area contributed by atoms with E-state index in [0.717, 1.165) is 12.3 Å². The van der Waals surface area contributed by atoms with E-state index in [4.69, 9.17) is 0 Å². The van der Waals surface area contributed by atoms with Crippen LogP contribution < -0.4 is 0 Å². The third-order valence-corrected chi connectivity index (χ3v) is 4.07. The number of benzene rings is 1. The summed E-state index contributed by atoms with van der Waals surface area (Å²) in [4.78, 5) is 2.56. The van der Waals surface area contributed by atoms with Gasteiger partial charge in [0, 0.05) is 6.54 Å². The van der Waals surface area contributed by atoms with Gasteiger partial charge in [0.1, 0.15) is 0 Å². The third kappa shape index (κ3) is 4.50. The third-order valence-electron chi connectivity index (χ3n) is 4.07. The Morgan fingerprint density at radius 3 is 2.25 bits per heavy atom. The molecule has 1 heteroatoms. The molecule has 0 aromatic heterocycles. The molecular weight excluding hydrogens is 242 g/mol. The summed E-state index contributed by atoms with van der Waals surface area (Å²) in [6.45, 7) is 11.6. The van der Waals surface area contributed by atoms with Crippen molar-refractivity contribution in [2.75, 3.05) is 19.6 Å². The summed E-state index contributed by atoms with van der Waals surface area (Å²) < 4.78 is 0. The summed E-state index contributed by atoms with van der Waals surface area (Å²) in [7, 11) is 0. The Hall–Kier alpha value is -1.60. The summed E-state index contributed by atoms with van der Waals surface area (Å²) in [6.07, 6.45) is 9.55. The van der Waals surface area contributed by atoms with Gasteiger partial charge >= 0.3 is 0 Å². The molecule has 0 N–H and O–H groups in total. The smallest absolute Gasteiger partial charge is 0.00106 e. The first kappa shape index (κ1) is 14.8. The zero-order chi connectivity index (χ0) is 14.2. The summed E-state index contributed by atoms with van der Waals surface area (Å²) in [5.41, 5.74) is 2.50. The molecule has 3 rings (SSSR count). The van der Waals surface area contributed by atoms with Crippen molar-refractivity contribution in [2.24, 2.45) is 5.92 Å². The number of hydrogen-bond acceptors (Lipinski definition) is 1. The first-order chi connectivity index (χ1) is 9.81.